The molecule has 162 valence electrons. The lowest BCUT2D eigenvalue weighted by Crippen LogP contribution is -3.28. The molecule has 0 aromatic heterocycles. The van der Waals surface area contributed by atoms with Crippen molar-refractivity contribution in [3.63, 3.8) is 0 Å². The topological polar surface area (TPSA) is 38.4 Å². The number of nitrogens with zero attached hydrogens (tertiary/aromatic N) is 1. The van der Waals surface area contributed by atoms with Crippen molar-refractivity contribution >= 4 is 17.7 Å². The Kier molecular flexibility index (Phi) is 8.19. The third-order valence-corrected chi connectivity index (χ3v) is 6.69. The molecule has 1 heterocycles. The molecule has 5 nitrogen and oxygen atoms in total. The van der Waals surface area contributed by atoms with Crippen LogP contribution >= 0.6 is 11.8 Å². The highest BCUT2D eigenvalue weighted by Gasteiger charge is 2.26. The minimum Gasteiger partial charge on any atom is -0.496 e. The van der Waals surface area contributed by atoms with E-state index in [-0.39, 0.29) is 5.91 Å². The van der Waals surface area contributed by atoms with Crippen LogP contribution in [0.5, 0.6) is 5.75 Å². The number of aryl methyl sites for hydroxylation is 1. The quantitative estimate of drug-likeness (QED) is 0.606. The van der Waals surface area contributed by atoms with E-state index in [2.05, 4.69) is 55.6 Å². The molecule has 3 rings (SSSR count). The van der Waals surface area contributed by atoms with Gasteiger partial charge in [0.2, 0.25) is 0 Å². The summed E-state index contributed by atoms with van der Waals surface area (Å²) in [4.78, 5) is 18.8. The van der Waals surface area contributed by atoms with Gasteiger partial charge in [0.25, 0.3) is 5.91 Å². The summed E-state index contributed by atoms with van der Waals surface area (Å²) in [6, 6.07) is 14.9. The van der Waals surface area contributed by atoms with Crippen LogP contribution in [0.4, 0.5) is 0 Å². The molecule has 2 N–H and O–H groups in total. The number of quaternary nitrogens is 2. The van der Waals surface area contributed by atoms with Crippen molar-refractivity contribution in [2.75, 3.05) is 53.1 Å². The van der Waals surface area contributed by atoms with Gasteiger partial charge in [-0.1, -0.05) is 23.8 Å². The van der Waals surface area contributed by atoms with Crippen LogP contribution in [-0.2, 0) is 17.9 Å². The lowest BCUT2D eigenvalue weighted by Gasteiger charge is -2.30. The smallest absolute Gasteiger partial charge is 0.277 e. The van der Waals surface area contributed by atoms with Gasteiger partial charge in [-0.15, -0.1) is 11.8 Å². The Morgan fingerprint density at radius 3 is 2.37 bits per heavy atom. The third kappa shape index (κ3) is 6.24. The predicted molar refractivity (Wildman–Crippen MR) is 122 cm³/mol. The molecule has 6 heteroatoms. The van der Waals surface area contributed by atoms with Gasteiger partial charge in [0.05, 0.1) is 7.11 Å². The zero-order chi connectivity index (χ0) is 21.5. The molecule has 0 radical (unpaired) electrons. The van der Waals surface area contributed by atoms with E-state index in [1.807, 2.05) is 11.9 Å². The van der Waals surface area contributed by atoms with Crippen LogP contribution in [-0.4, -0.2) is 63.9 Å². The van der Waals surface area contributed by atoms with Gasteiger partial charge in [0.15, 0.2) is 6.54 Å². The van der Waals surface area contributed by atoms with E-state index in [0.29, 0.717) is 13.1 Å². The first-order valence-corrected chi connectivity index (χ1v) is 11.9. The molecule has 1 aliphatic heterocycles. The Morgan fingerprint density at radius 1 is 1.07 bits per heavy atom. The van der Waals surface area contributed by atoms with Gasteiger partial charge in [-0.2, -0.15) is 0 Å². The van der Waals surface area contributed by atoms with Crippen LogP contribution in [0.15, 0.2) is 47.4 Å². The monoisotopic (exact) mass is 429 g/mol. The van der Waals surface area contributed by atoms with Crippen molar-refractivity contribution < 1.29 is 19.3 Å². The molecule has 1 fully saturated rings. The lowest BCUT2D eigenvalue weighted by molar-refractivity contribution is -1.02. The molecule has 0 spiro atoms. The Bertz CT molecular complexity index is 833. The molecular formula is C24H35N3O2S+2. The SMILES string of the molecule is COc1ccc(C)cc1C[NH+]1CC[NH+](CC(=O)N(C)Cc2ccc(SC)cc2)CC1. The highest BCUT2D eigenvalue weighted by atomic mass is 32.2. The Balaban J connectivity index is 1.45. The van der Waals surface area contributed by atoms with Gasteiger partial charge >= 0.3 is 0 Å². The number of ether oxygens (including phenoxy) is 1. The molecule has 0 atom stereocenters. The van der Waals surface area contributed by atoms with E-state index in [9.17, 15) is 4.79 Å². The number of rotatable bonds is 8. The van der Waals surface area contributed by atoms with Crippen molar-refractivity contribution in [1.82, 2.24) is 4.90 Å². The Labute approximate surface area is 185 Å². The van der Waals surface area contributed by atoms with Gasteiger partial charge in [-0.05, 0) is 43.0 Å². The fraction of sp³-hybridized carbons (Fsp3) is 0.458. The number of carbonyl (C=O) groups excluding carboxylic acids is 1. The second-order valence-corrected chi connectivity index (χ2v) is 9.15. The number of benzene rings is 2. The predicted octanol–water partition coefficient (Wildman–Crippen LogP) is 0.668. The van der Waals surface area contributed by atoms with Gasteiger partial charge in [-0.3, -0.25) is 4.79 Å². The van der Waals surface area contributed by atoms with Gasteiger partial charge < -0.3 is 19.4 Å². The molecule has 0 aliphatic carbocycles. The summed E-state index contributed by atoms with van der Waals surface area (Å²) in [7, 11) is 3.65. The number of hydrogen-bond donors (Lipinski definition) is 2. The van der Waals surface area contributed by atoms with Crippen LogP contribution < -0.4 is 14.5 Å². The number of hydrogen-bond acceptors (Lipinski definition) is 3. The molecule has 2 aromatic rings. The summed E-state index contributed by atoms with van der Waals surface area (Å²) in [5.74, 6) is 1.20. The minimum atomic E-state index is 0.225. The summed E-state index contributed by atoms with van der Waals surface area (Å²) in [6.07, 6.45) is 2.08. The molecule has 1 amide bonds. The summed E-state index contributed by atoms with van der Waals surface area (Å²) >= 11 is 1.74. The van der Waals surface area contributed by atoms with Crippen LogP contribution in [0.3, 0.4) is 0 Å². The molecule has 0 saturated carbocycles. The van der Waals surface area contributed by atoms with Gasteiger partial charge in [-0.25, -0.2) is 0 Å². The average Bonchev–Trinajstić information content (AvgIpc) is 2.76. The van der Waals surface area contributed by atoms with E-state index in [0.717, 1.165) is 38.5 Å². The molecule has 1 aliphatic rings. The van der Waals surface area contributed by atoms with Crippen LogP contribution in [0, 0.1) is 6.92 Å². The van der Waals surface area contributed by atoms with E-state index in [1.54, 1.807) is 23.8 Å². The fourth-order valence-corrected chi connectivity index (χ4v) is 4.48. The highest BCUT2D eigenvalue weighted by molar-refractivity contribution is 7.98. The minimum absolute atomic E-state index is 0.225. The van der Waals surface area contributed by atoms with Gasteiger partial charge in [0, 0.05) is 24.1 Å². The highest BCUT2D eigenvalue weighted by Crippen LogP contribution is 2.18. The van der Waals surface area contributed by atoms with Gasteiger partial charge in [0.1, 0.15) is 38.5 Å². The van der Waals surface area contributed by atoms with Crippen LogP contribution in [0.2, 0.25) is 0 Å². The first-order valence-electron chi connectivity index (χ1n) is 10.7. The average molecular weight is 430 g/mol. The molecule has 2 aromatic carbocycles. The number of thioether (sulfide) groups is 1. The van der Waals surface area contributed by atoms with Crippen molar-refractivity contribution in [3.05, 3.63) is 59.2 Å². The largest absolute Gasteiger partial charge is 0.496 e. The zero-order valence-electron chi connectivity index (χ0n) is 18.7. The normalized spacial score (nSPS) is 18.8. The van der Waals surface area contributed by atoms with E-state index >= 15 is 0 Å². The Morgan fingerprint density at radius 2 is 1.73 bits per heavy atom. The summed E-state index contributed by atoms with van der Waals surface area (Å²) in [5, 5.41) is 0. The fourth-order valence-electron chi connectivity index (χ4n) is 4.07. The standard InChI is InChI=1S/C24H33N3O2S/c1-19-5-10-23(29-3)21(15-19)17-26-11-13-27(14-12-26)18-24(28)25(2)16-20-6-8-22(30-4)9-7-20/h5-10,15H,11-14,16-18H2,1-4H3/p+2. The summed E-state index contributed by atoms with van der Waals surface area (Å²) in [6.45, 7) is 8.60. The first-order chi connectivity index (χ1) is 14.5. The molecular weight excluding hydrogens is 394 g/mol. The van der Waals surface area contributed by atoms with E-state index < -0.39 is 0 Å². The van der Waals surface area contributed by atoms with Crippen molar-refractivity contribution in [3.8, 4) is 5.75 Å². The molecule has 30 heavy (non-hydrogen) atoms. The number of carbonyl (C=O) groups is 1. The maximum absolute atomic E-state index is 12.7. The summed E-state index contributed by atoms with van der Waals surface area (Å²) in [5.41, 5.74) is 3.73. The van der Waals surface area contributed by atoms with Crippen LogP contribution in [0.1, 0.15) is 16.7 Å². The van der Waals surface area contributed by atoms with E-state index in [1.165, 1.54) is 26.5 Å². The maximum atomic E-state index is 12.7. The summed E-state index contributed by atoms with van der Waals surface area (Å²) < 4.78 is 5.53. The number of amides is 1. The van der Waals surface area contributed by atoms with Crippen LogP contribution in [0.25, 0.3) is 0 Å². The van der Waals surface area contributed by atoms with Crippen molar-refractivity contribution in [2.45, 2.75) is 24.9 Å². The van der Waals surface area contributed by atoms with Crippen molar-refractivity contribution in [1.29, 1.82) is 0 Å². The zero-order valence-corrected chi connectivity index (χ0v) is 19.5. The lowest BCUT2D eigenvalue weighted by atomic mass is 10.1. The van der Waals surface area contributed by atoms with E-state index in [4.69, 9.17) is 4.74 Å². The molecule has 0 unspecified atom stereocenters. The van der Waals surface area contributed by atoms with Crippen molar-refractivity contribution in [2.24, 2.45) is 0 Å². The second-order valence-electron chi connectivity index (χ2n) is 8.27. The maximum Gasteiger partial charge on any atom is 0.277 e. The molecule has 0 bridgehead atoms. The second kappa shape index (κ2) is 10.8. The molecule has 1 saturated heterocycles. The Hall–Kier alpha value is -2.02. The number of nitrogens with one attached hydrogen (secondary N) is 2. The number of methoxy groups -OCH3 is 1. The number of piperazine rings is 1. The third-order valence-electron chi connectivity index (χ3n) is 5.95. The first kappa shape index (κ1) is 22.7. The number of likely N-dealkylation sites (N-methyl/N-ethyl adjacent to an activating group) is 1.